The smallest absolute Gasteiger partial charge is 0.136 e. The van der Waals surface area contributed by atoms with Crippen molar-refractivity contribution in [3.05, 3.63) is 41.4 Å². The van der Waals surface area contributed by atoms with Crippen LogP contribution >= 0.6 is 15.9 Å². The van der Waals surface area contributed by atoms with Gasteiger partial charge in [-0.1, -0.05) is 0 Å². The average Bonchev–Trinajstić information content (AvgIpc) is 3.06. The summed E-state index contributed by atoms with van der Waals surface area (Å²) in [6, 6.07) is 6.97. The fraction of sp³-hybridized carbons (Fsp3) is 0.412. The van der Waals surface area contributed by atoms with E-state index < -0.39 is 0 Å². The van der Waals surface area contributed by atoms with Crippen molar-refractivity contribution in [1.29, 1.82) is 0 Å². The number of nitrogens with zero attached hydrogens (tertiary/aromatic N) is 4. The summed E-state index contributed by atoms with van der Waals surface area (Å²) < 4.78 is 3.07. The van der Waals surface area contributed by atoms with Crippen LogP contribution in [-0.2, 0) is 4.79 Å². The predicted octanol–water partition coefficient (Wildman–Crippen LogP) is 2.49. The SMILES string of the molecule is O=C1CC(N2CCN(c3ccc(-n4ccnc4)c(Br)c3)CC2)C1. The third-order valence-corrected chi connectivity index (χ3v) is 5.47. The summed E-state index contributed by atoms with van der Waals surface area (Å²) in [7, 11) is 0. The number of rotatable bonds is 3. The van der Waals surface area contributed by atoms with Gasteiger partial charge in [0.15, 0.2) is 0 Å². The van der Waals surface area contributed by atoms with Crippen LogP contribution in [0.1, 0.15) is 12.8 Å². The van der Waals surface area contributed by atoms with Crippen molar-refractivity contribution < 1.29 is 4.79 Å². The molecule has 5 nitrogen and oxygen atoms in total. The molecule has 1 aromatic carbocycles. The van der Waals surface area contributed by atoms with Crippen molar-refractivity contribution in [2.75, 3.05) is 31.1 Å². The zero-order chi connectivity index (χ0) is 15.8. The van der Waals surface area contributed by atoms with Gasteiger partial charge in [-0.25, -0.2) is 4.98 Å². The molecule has 1 aliphatic heterocycles. The third-order valence-electron chi connectivity index (χ3n) is 4.84. The van der Waals surface area contributed by atoms with E-state index in [-0.39, 0.29) is 0 Å². The molecule has 0 atom stereocenters. The van der Waals surface area contributed by atoms with Gasteiger partial charge in [0, 0.05) is 67.6 Å². The number of piperazine rings is 1. The fourth-order valence-electron chi connectivity index (χ4n) is 3.37. The van der Waals surface area contributed by atoms with E-state index in [0.29, 0.717) is 11.8 Å². The molecule has 2 fully saturated rings. The number of carbonyl (C=O) groups is 1. The molecule has 0 unspecified atom stereocenters. The molecule has 1 aliphatic carbocycles. The van der Waals surface area contributed by atoms with Crippen molar-refractivity contribution in [2.45, 2.75) is 18.9 Å². The summed E-state index contributed by atoms with van der Waals surface area (Å²) in [5.74, 6) is 0.413. The van der Waals surface area contributed by atoms with Gasteiger partial charge in [-0.05, 0) is 34.1 Å². The van der Waals surface area contributed by atoms with E-state index in [9.17, 15) is 4.79 Å². The van der Waals surface area contributed by atoms with Crippen LogP contribution in [0.15, 0.2) is 41.4 Å². The molecule has 0 amide bonds. The zero-order valence-corrected chi connectivity index (χ0v) is 14.4. The normalized spacial score (nSPS) is 19.9. The van der Waals surface area contributed by atoms with Gasteiger partial charge in [0.1, 0.15) is 5.78 Å². The van der Waals surface area contributed by atoms with E-state index in [1.165, 1.54) is 5.69 Å². The molecule has 1 saturated heterocycles. The Labute approximate surface area is 144 Å². The van der Waals surface area contributed by atoms with E-state index in [4.69, 9.17) is 0 Å². The second-order valence-electron chi connectivity index (χ2n) is 6.23. The van der Waals surface area contributed by atoms with Gasteiger partial charge in [0.2, 0.25) is 0 Å². The van der Waals surface area contributed by atoms with Crippen LogP contribution in [0.25, 0.3) is 5.69 Å². The Morgan fingerprint density at radius 1 is 1.13 bits per heavy atom. The van der Waals surface area contributed by atoms with Crippen molar-refractivity contribution in [3.63, 3.8) is 0 Å². The molecule has 2 aromatic rings. The highest BCUT2D eigenvalue weighted by atomic mass is 79.9. The molecule has 23 heavy (non-hydrogen) atoms. The highest BCUT2D eigenvalue weighted by molar-refractivity contribution is 9.10. The minimum atomic E-state index is 0.413. The number of hydrogen-bond donors (Lipinski definition) is 0. The molecule has 2 aliphatic rings. The Hall–Kier alpha value is -1.66. The first-order valence-corrected chi connectivity index (χ1v) is 8.78. The Morgan fingerprint density at radius 3 is 2.52 bits per heavy atom. The first kappa shape index (κ1) is 14.9. The number of halogens is 1. The molecule has 120 valence electrons. The molecule has 6 heteroatoms. The monoisotopic (exact) mass is 374 g/mol. The lowest BCUT2D eigenvalue weighted by atomic mass is 9.89. The van der Waals surface area contributed by atoms with E-state index in [1.54, 1.807) is 12.5 Å². The lowest BCUT2D eigenvalue weighted by Crippen LogP contribution is -2.54. The number of benzene rings is 1. The Bertz CT molecular complexity index is 699. The van der Waals surface area contributed by atoms with Gasteiger partial charge in [0.05, 0.1) is 12.0 Å². The fourth-order valence-corrected chi connectivity index (χ4v) is 3.94. The maximum atomic E-state index is 11.2. The number of hydrogen-bond acceptors (Lipinski definition) is 4. The quantitative estimate of drug-likeness (QED) is 0.827. The van der Waals surface area contributed by atoms with Crippen LogP contribution in [0.2, 0.25) is 0 Å². The molecule has 0 N–H and O–H groups in total. The topological polar surface area (TPSA) is 41.4 Å². The lowest BCUT2D eigenvalue weighted by Gasteiger charge is -2.42. The molecule has 1 saturated carbocycles. The minimum absolute atomic E-state index is 0.413. The number of aromatic nitrogens is 2. The maximum Gasteiger partial charge on any atom is 0.136 e. The van der Waals surface area contributed by atoms with E-state index in [1.807, 2.05) is 10.8 Å². The number of imidazole rings is 1. The van der Waals surface area contributed by atoms with Crippen LogP contribution in [0.5, 0.6) is 0 Å². The van der Waals surface area contributed by atoms with E-state index >= 15 is 0 Å². The second-order valence-corrected chi connectivity index (χ2v) is 7.08. The number of anilines is 1. The minimum Gasteiger partial charge on any atom is -0.369 e. The van der Waals surface area contributed by atoms with Crippen LogP contribution in [0, 0.1) is 0 Å². The molecule has 0 spiro atoms. The first-order chi connectivity index (χ1) is 11.2. The molecule has 0 bridgehead atoms. The highest BCUT2D eigenvalue weighted by Crippen LogP contribution is 2.29. The van der Waals surface area contributed by atoms with Crippen molar-refractivity contribution in [1.82, 2.24) is 14.5 Å². The molecule has 0 radical (unpaired) electrons. The second kappa shape index (κ2) is 6.09. The van der Waals surface area contributed by atoms with Gasteiger partial charge < -0.3 is 9.47 Å². The maximum absolute atomic E-state index is 11.2. The van der Waals surface area contributed by atoms with Crippen molar-refractivity contribution >= 4 is 27.4 Å². The molecule has 4 rings (SSSR count). The summed E-state index contributed by atoms with van der Waals surface area (Å²) in [4.78, 5) is 20.1. The van der Waals surface area contributed by atoms with Crippen LogP contribution < -0.4 is 4.90 Å². The average molecular weight is 375 g/mol. The Kier molecular flexibility index (Phi) is 3.95. The largest absolute Gasteiger partial charge is 0.369 e. The van der Waals surface area contributed by atoms with Gasteiger partial charge in [-0.2, -0.15) is 0 Å². The summed E-state index contributed by atoms with van der Waals surface area (Å²) in [6.45, 7) is 4.11. The summed E-state index contributed by atoms with van der Waals surface area (Å²) in [5, 5.41) is 0. The third kappa shape index (κ3) is 2.93. The Morgan fingerprint density at radius 2 is 1.91 bits per heavy atom. The molecular weight excluding hydrogens is 356 g/mol. The van der Waals surface area contributed by atoms with E-state index in [0.717, 1.165) is 49.2 Å². The molecule has 1 aromatic heterocycles. The van der Waals surface area contributed by atoms with Crippen molar-refractivity contribution in [2.24, 2.45) is 0 Å². The number of carbonyl (C=O) groups excluding carboxylic acids is 1. The summed E-state index contributed by atoms with van der Waals surface area (Å²) in [6.07, 6.45) is 7.04. The van der Waals surface area contributed by atoms with Crippen LogP contribution in [-0.4, -0.2) is 52.5 Å². The molecular formula is C17H19BrN4O. The molecule has 2 heterocycles. The lowest BCUT2D eigenvalue weighted by molar-refractivity contribution is -0.128. The summed E-state index contributed by atoms with van der Waals surface area (Å²) in [5.41, 5.74) is 2.34. The van der Waals surface area contributed by atoms with Crippen LogP contribution in [0.4, 0.5) is 5.69 Å². The predicted molar refractivity (Wildman–Crippen MR) is 93.1 cm³/mol. The van der Waals surface area contributed by atoms with Crippen molar-refractivity contribution in [3.8, 4) is 5.69 Å². The standard InChI is InChI=1S/C17H19BrN4O/c18-16-11-13(1-2-17(16)22-4-3-19-12-22)20-5-7-21(8-6-20)14-9-15(23)10-14/h1-4,11-12,14H,5-10H2. The van der Waals surface area contributed by atoms with E-state index in [2.05, 4.69) is 48.9 Å². The number of Topliss-reactive ketones (excluding diaryl/α,β-unsaturated/α-hetero) is 1. The number of ketones is 1. The van der Waals surface area contributed by atoms with Crippen LogP contribution in [0.3, 0.4) is 0 Å². The zero-order valence-electron chi connectivity index (χ0n) is 12.9. The van der Waals surface area contributed by atoms with Gasteiger partial charge in [0.25, 0.3) is 0 Å². The first-order valence-electron chi connectivity index (χ1n) is 7.99. The van der Waals surface area contributed by atoms with Gasteiger partial charge >= 0.3 is 0 Å². The highest BCUT2D eigenvalue weighted by Gasteiger charge is 2.33. The summed E-state index contributed by atoms with van der Waals surface area (Å²) >= 11 is 3.67. The van der Waals surface area contributed by atoms with Gasteiger partial charge in [-0.3, -0.25) is 9.69 Å². The van der Waals surface area contributed by atoms with Gasteiger partial charge in [-0.15, -0.1) is 0 Å². The Balaban J connectivity index is 1.43.